The van der Waals surface area contributed by atoms with Gasteiger partial charge in [-0.15, -0.1) is 0 Å². The lowest BCUT2D eigenvalue weighted by molar-refractivity contribution is 0.407. The van der Waals surface area contributed by atoms with Gasteiger partial charge in [0.2, 0.25) is 0 Å². The fourth-order valence-electron chi connectivity index (χ4n) is 6.85. The smallest absolute Gasteiger partial charge is 0.125 e. The molecule has 3 N–H and O–H groups in total. The fraction of sp³-hybridized carbons (Fsp3) is 0.297. The number of hydrogen-bond donors (Lipinski definition) is 3. The highest BCUT2D eigenvalue weighted by atomic mass is 16.3. The molecule has 0 amide bonds. The second-order valence-corrected chi connectivity index (χ2v) is 11.4. The van der Waals surface area contributed by atoms with Crippen LogP contribution in [0, 0.1) is 0 Å². The summed E-state index contributed by atoms with van der Waals surface area (Å²) < 4.78 is 0. The molecule has 2 unspecified atom stereocenters. The van der Waals surface area contributed by atoms with Crippen molar-refractivity contribution in [1.29, 1.82) is 0 Å². The van der Waals surface area contributed by atoms with Gasteiger partial charge in [0.25, 0.3) is 0 Å². The van der Waals surface area contributed by atoms with Gasteiger partial charge in [0.05, 0.1) is 11.7 Å². The van der Waals surface area contributed by atoms with E-state index in [1.807, 2.05) is 24.4 Å². The van der Waals surface area contributed by atoms with Gasteiger partial charge >= 0.3 is 0 Å². The van der Waals surface area contributed by atoms with Gasteiger partial charge in [-0.25, -0.2) is 0 Å². The van der Waals surface area contributed by atoms with Gasteiger partial charge < -0.3 is 20.6 Å². The Labute approximate surface area is 244 Å². The highest BCUT2D eigenvalue weighted by Gasteiger charge is 2.45. The topological polar surface area (TPSA) is 47.5 Å². The first-order valence-corrected chi connectivity index (χ1v) is 15.2. The zero-order valence-corrected chi connectivity index (χ0v) is 24.2. The third kappa shape index (κ3) is 4.97. The molecular formula is C37H41N3O. The van der Waals surface area contributed by atoms with Crippen molar-refractivity contribution in [2.24, 2.45) is 0 Å². The van der Waals surface area contributed by atoms with Crippen molar-refractivity contribution in [2.45, 2.75) is 70.0 Å². The van der Waals surface area contributed by atoms with E-state index in [1.54, 1.807) is 0 Å². The lowest BCUT2D eigenvalue weighted by Crippen LogP contribution is -2.40. The Morgan fingerprint density at radius 1 is 0.829 bits per heavy atom. The normalized spacial score (nSPS) is 19.9. The molecule has 4 nitrogen and oxygen atoms in total. The van der Waals surface area contributed by atoms with Crippen molar-refractivity contribution >= 4 is 17.1 Å². The summed E-state index contributed by atoms with van der Waals surface area (Å²) in [7, 11) is 0. The summed E-state index contributed by atoms with van der Waals surface area (Å²) in [5, 5.41) is 18.6. The molecule has 1 aliphatic carbocycles. The molecule has 0 bridgehead atoms. The summed E-state index contributed by atoms with van der Waals surface area (Å²) in [5.74, 6) is 0.374. The fourth-order valence-corrected chi connectivity index (χ4v) is 6.85. The summed E-state index contributed by atoms with van der Waals surface area (Å²) in [4.78, 5) is 2.33. The van der Waals surface area contributed by atoms with Crippen LogP contribution in [0.4, 0.5) is 11.4 Å². The maximum Gasteiger partial charge on any atom is 0.125 e. The predicted molar refractivity (Wildman–Crippen MR) is 171 cm³/mol. The van der Waals surface area contributed by atoms with Crippen molar-refractivity contribution < 1.29 is 5.11 Å². The van der Waals surface area contributed by atoms with E-state index in [2.05, 4.69) is 114 Å². The molecule has 3 aromatic carbocycles. The molecule has 0 saturated carbocycles. The van der Waals surface area contributed by atoms with E-state index in [1.165, 1.54) is 29.5 Å². The number of nitrogens with zero attached hydrogens (tertiary/aromatic N) is 1. The molecule has 6 rings (SSSR count). The lowest BCUT2D eigenvalue weighted by Gasteiger charge is -2.35. The number of rotatable bonds is 10. The Morgan fingerprint density at radius 3 is 2.32 bits per heavy atom. The maximum atomic E-state index is 11.2. The van der Waals surface area contributed by atoms with Gasteiger partial charge in [-0.05, 0) is 78.2 Å². The average Bonchev–Trinajstić information content (AvgIpc) is 3.30. The molecule has 3 aromatic rings. The maximum absolute atomic E-state index is 11.2. The van der Waals surface area contributed by atoms with E-state index in [-0.39, 0.29) is 17.6 Å². The number of nitrogens with one attached hydrogen (secondary N) is 2. The minimum Gasteiger partial charge on any atom is -0.507 e. The molecule has 2 atom stereocenters. The van der Waals surface area contributed by atoms with E-state index in [0.717, 1.165) is 48.3 Å². The van der Waals surface area contributed by atoms with Crippen LogP contribution in [0.5, 0.6) is 5.75 Å². The number of allylic oxidation sites excluding steroid dienone is 4. The number of dihydropyridines is 2. The summed E-state index contributed by atoms with van der Waals surface area (Å²) in [6.45, 7) is 4.54. The second kappa shape index (κ2) is 11.7. The molecule has 2 heterocycles. The van der Waals surface area contributed by atoms with E-state index >= 15 is 0 Å². The number of phenols is 1. The number of phenolic OH excluding ortho intramolecular Hbond substituents is 1. The summed E-state index contributed by atoms with van der Waals surface area (Å²) in [5.41, 5.74) is 8.12. The molecule has 0 fully saturated rings. The summed E-state index contributed by atoms with van der Waals surface area (Å²) >= 11 is 0. The van der Waals surface area contributed by atoms with E-state index < -0.39 is 0 Å². The number of aromatic hydroxyl groups is 1. The lowest BCUT2D eigenvalue weighted by atomic mass is 9.69. The first-order valence-electron chi connectivity index (χ1n) is 15.2. The van der Waals surface area contributed by atoms with Crippen molar-refractivity contribution in [3.63, 3.8) is 0 Å². The number of para-hydroxylation sites is 1. The van der Waals surface area contributed by atoms with E-state index in [9.17, 15) is 5.11 Å². The van der Waals surface area contributed by atoms with Crippen LogP contribution in [0.15, 0.2) is 115 Å². The van der Waals surface area contributed by atoms with Gasteiger partial charge in [-0.2, -0.15) is 0 Å². The van der Waals surface area contributed by atoms with Crippen LogP contribution in [0.3, 0.4) is 0 Å². The van der Waals surface area contributed by atoms with Gasteiger partial charge in [0.15, 0.2) is 0 Å². The standard InChI is InChI=1S/C37H41N3O/c1-3-5-23-37(24-6-4-2)30-18-13-19-33(41)35(30)36-31(37)21-22-32(39-36)27-14-12-17-29(26-27)40(28-15-8-7-9-16-28)34-20-10-11-25-38-34/h7-22,25-26,32,34,38-39,41H,3-6,23-24H2,1-2H3. The van der Waals surface area contributed by atoms with Gasteiger partial charge in [-0.3, -0.25) is 0 Å². The van der Waals surface area contributed by atoms with Crippen LogP contribution in [-0.2, 0) is 5.41 Å². The highest BCUT2D eigenvalue weighted by Crippen LogP contribution is 2.55. The van der Waals surface area contributed by atoms with Gasteiger partial charge in [0, 0.05) is 22.4 Å². The number of hydrogen-bond acceptors (Lipinski definition) is 4. The minimum absolute atomic E-state index is 0.00156. The number of unbranched alkanes of at least 4 members (excludes halogenated alkanes) is 2. The number of fused-ring (bicyclic) bond motifs is 2. The van der Waals surface area contributed by atoms with Crippen LogP contribution >= 0.6 is 0 Å². The molecule has 0 radical (unpaired) electrons. The monoisotopic (exact) mass is 543 g/mol. The SMILES string of the molecule is CCCCC1(CCCC)C2=C(NC(c3cccc(N(c4ccccc4)C4C=CC=CN4)c3)C=C2)c2c(O)cccc21. The molecule has 41 heavy (non-hydrogen) atoms. The second-order valence-electron chi connectivity index (χ2n) is 11.4. The molecule has 2 aliphatic heterocycles. The third-order valence-corrected chi connectivity index (χ3v) is 8.85. The van der Waals surface area contributed by atoms with E-state index in [0.29, 0.717) is 5.75 Å². The van der Waals surface area contributed by atoms with Crippen LogP contribution in [0.1, 0.15) is 75.1 Å². The minimum atomic E-state index is -0.0532. The summed E-state index contributed by atoms with van der Waals surface area (Å²) in [6.07, 6.45) is 19.9. The highest BCUT2D eigenvalue weighted by molar-refractivity contribution is 5.86. The predicted octanol–water partition coefficient (Wildman–Crippen LogP) is 8.77. The number of anilines is 2. The first-order chi connectivity index (χ1) is 20.2. The Kier molecular flexibility index (Phi) is 7.74. The van der Waals surface area contributed by atoms with Crippen LogP contribution in [-0.4, -0.2) is 11.3 Å². The molecular weight excluding hydrogens is 502 g/mol. The first kappa shape index (κ1) is 27.0. The molecule has 0 spiro atoms. The summed E-state index contributed by atoms with van der Waals surface area (Å²) in [6, 6.07) is 25.5. The zero-order valence-electron chi connectivity index (χ0n) is 24.2. The Hall–Kier alpha value is -4.18. The molecule has 210 valence electrons. The quantitative estimate of drug-likeness (QED) is 0.239. The van der Waals surface area contributed by atoms with Gasteiger partial charge in [-0.1, -0.05) is 100 Å². The van der Waals surface area contributed by atoms with Crippen molar-refractivity contribution in [1.82, 2.24) is 10.6 Å². The number of benzene rings is 3. The van der Waals surface area contributed by atoms with Gasteiger partial charge in [0.1, 0.15) is 11.9 Å². The molecule has 3 aliphatic rings. The molecule has 0 aromatic heterocycles. The van der Waals surface area contributed by atoms with Crippen molar-refractivity contribution in [3.05, 3.63) is 132 Å². The molecule has 0 saturated heterocycles. The Bertz CT molecular complexity index is 1490. The Balaban J connectivity index is 1.37. The largest absolute Gasteiger partial charge is 0.507 e. The van der Waals surface area contributed by atoms with Crippen LogP contribution in [0.25, 0.3) is 5.70 Å². The third-order valence-electron chi connectivity index (χ3n) is 8.85. The van der Waals surface area contributed by atoms with Crippen LogP contribution in [0.2, 0.25) is 0 Å². The van der Waals surface area contributed by atoms with Crippen LogP contribution < -0.4 is 15.5 Å². The molecule has 4 heteroatoms. The van der Waals surface area contributed by atoms with Crippen molar-refractivity contribution in [3.8, 4) is 5.75 Å². The van der Waals surface area contributed by atoms with E-state index in [4.69, 9.17) is 0 Å². The zero-order chi connectivity index (χ0) is 28.2. The van der Waals surface area contributed by atoms with Crippen molar-refractivity contribution in [2.75, 3.05) is 4.90 Å². The Morgan fingerprint density at radius 2 is 1.59 bits per heavy atom. The average molecular weight is 544 g/mol.